The van der Waals surface area contributed by atoms with Crippen molar-refractivity contribution in [2.75, 3.05) is 20.3 Å². The molecule has 0 saturated carbocycles. The van der Waals surface area contributed by atoms with Gasteiger partial charge in [-0.1, -0.05) is 5.16 Å². The van der Waals surface area contributed by atoms with E-state index in [2.05, 4.69) is 10.5 Å². The van der Waals surface area contributed by atoms with Crippen molar-refractivity contribution in [3.05, 3.63) is 42.3 Å². The Labute approximate surface area is 106 Å². The number of nitrogens with one attached hydrogen (secondary N) is 1. The SMILES string of the molecule is COc1ccc(OCCNCc2ccon2)cc1. The summed E-state index contributed by atoms with van der Waals surface area (Å²) in [6.45, 7) is 2.03. The molecule has 0 radical (unpaired) electrons. The summed E-state index contributed by atoms with van der Waals surface area (Å²) in [5.74, 6) is 1.66. The Bertz CT molecular complexity index is 440. The van der Waals surface area contributed by atoms with E-state index in [0.717, 1.165) is 23.7 Å². The standard InChI is InChI=1S/C13H16N2O3/c1-16-12-2-4-13(5-3-12)17-9-7-14-10-11-6-8-18-15-11/h2-6,8,14H,7,9-10H2,1H3. The van der Waals surface area contributed by atoms with Crippen molar-refractivity contribution in [2.24, 2.45) is 0 Å². The van der Waals surface area contributed by atoms with Crippen LogP contribution in [0.15, 0.2) is 41.1 Å². The van der Waals surface area contributed by atoms with Crippen LogP contribution >= 0.6 is 0 Å². The van der Waals surface area contributed by atoms with Crippen LogP contribution in [0.25, 0.3) is 0 Å². The maximum atomic E-state index is 5.56. The van der Waals surface area contributed by atoms with E-state index >= 15 is 0 Å². The minimum absolute atomic E-state index is 0.601. The molecule has 5 heteroatoms. The summed E-state index contributed by atoms with van der Waals surface area (Å²) < 4.78 is 15.4. The Morgan fingerprint density at radius 1 is 1.17 bits per heavy atom. The summed E-state index contributed by atoms with van der Waals surface area (Å²) >= 11 is 0. The number of methoxy groups -OCH3 is 1. The highest BCUT2D eigenvalue weighted by atomic mass is 16.5. The quantitative estimate of drug-likeness (QED) is 0.758. The van der Waals surface area contributed by atoms with Crippen LogP contribution in [0, 0.1) is 0 Å². The molecule has 0 spiro atoms. The number of aromatic nitrogens is 1. The second kappa shape index (κ2) is 6.66. The third kappa shape index (κ3) is 3.78. The maximum Gasteiger partial charge on any atom is 0.124 e. The lowest BCUT2D eigenvalue weighted by molar-refractivity contribution is 0.311. The van der Waals surface area contributed by atoms with E-state index in [0.29, 0.717) is 13.2 Å². The number of rotatable bonds is 7. The lowest BCUT2D eigenvalue weighted by atomic mass is 10.3. The Balaban J connectivity index is 1.62. The van der Waals surface area contributed by atoms with Gasteiger partial charge in [-0.15, -0.1) is 0 Å². The lowest BCUT2D eigenvalue weighted by Crippen LogP contribution is -2.20. The zero-order chi connectivity index (χ0) is 12.6. The van der Waals surface area contributed by atoms with Crippen molar-refractivity contribution in [1.82, 2.24) is 10.5 Å². The fourth-order valence-electron chi connectivity index (χ4n) is 1.46. The van der Waals surface area contributed by atoms with E-state index in [9.17, 15) is 0 Å². The van der Waals surface area contributed by atoms with Crippen LogP contribution in [0.4, 0.5) is 0 Å². The van der Waals surface area contributed by atoms with Gasteiger partial charge in [-0.05, 0) is 24.3 Å². The fourth-order valence-corrected chi connectivity index (χ4v) is 1.46. The Hall–Kier alpha value is -2.01. The van der Waals surface area contributed by atoms with Crippen molar-refractivity contribution >= 4 is 0 Å². The topological polar surface area (TPSA) is 56.5 Å². The molecule has 5 nitrogen and oxygen atoms in total. The summed E-state index contributed by atoms with van der Waals surface area (Å²) in [5.41, 5.74) is 0.888. The van der Waals surface area contributed by atoms with Crippen molar-refractivity contribution in [2.45, 2.75) is 6.54 Å². The molecule has 0 aliphatic rings. The molecule has 96 valence electrons. The molecule has 1 heterocycles. The summed E-state index contributed by atoms with van der Waals surface area (Å²) in [7, 11) is 1.64. The number of nitrogens with zero attached hydrogens (tertiary/aromatic N) is 1. The molecule has 0 aliphatic carbocycles. The largest absolute Gasteiger partial charge is 0.497 e. The van der Waals surface area contributed by atoms with Gasteiger partial charge in [-0.25, -0.2) is 0 Å². The van der Waals surface area contributed by atoms with Crippen LogP contribution in [0.1, 0.15) is 5.69 Å². The van der Waals surface area contributed by atoms with Gasteiger partial charge >= 0.3 is 0 Å². The summed E-state index contributed by atoms with van der Waals surface area (Å²) in [5, 5.41) is 7.01. The zero-order valence-electron chi connectivity index (χ0n) is 10.3. The fraction of sp³-hybridized carbons (Fsp3) is 0.308. The first kappa shape index (κ1) is 12.4. The normalized spacial score (nSPS) is 10.3. The molecule has 1 aromatic heterocycles. The van der Waals surface area contributed by atoms with E-state index in [4.69, 9.17) is 14.0 Å². The van der Waals surface area contributed by atoms with E-state index in [1.54, 1.807) is 13.4 Å². The molecule has 0 aliphatic heterocycles. The molecule has 0 bridgehead atoms. The van der Waals surface area contributed by atoms with Crippen molar-refractivity contribution in [3.63, 3.8) is 0 Å². The molecular formula is C13H16N2O3. The van der Waals surface area contributed by atoms with Gasteiger partial charge in [0, 0.05) is 19.2 Å². The predicted molar refractivity (Wildman–Crippen MR) is 66.7 cm³/mol. The molecule has 0 atom stereocenters. The Morgan fingerprint density at radius 3 is 2.61 bits per heavy atom. The second-order valence-electron chi connectivity index (χ2n) is 3.69. The van der Waals surface area contributed by atoms with Crippen LogP contribution in [0.3, 0.4) is 0 Å². The lowest BCUT2D eigenvalue weighted by Gasteiger charge is -2.07. The first-order valence-corrected chi connectivity index (χ1v) is 5.75. The van der Waals surface area contributed by atoms with E-state index in [-0.39, 0.29) is 0 Å². The Morgan fingerprint density at radius 2 is 1.94 bits per heavy atom. The van der Waals surface area contributed by atoms with E-state index in [1.165, 1.54) is 0 Å². The molecule has 1 aromatic carbocycles. The van der Waals surface area contributed by atoms with Gasteiger partial charge in [-0.2, -0.15) is 0 Å². The van der Waals surface area contributed by atoms with E-state index in [1.807, 2.05) is 30.3 Å². The second-order valence-corrected chi connectivity index (χ2v) is 3.69. The van der Waals surface area contributed by atoms with Gasteiger partial charge in [0.1, 0.15) is 24.4 Å². The summed E-state index contributed by atoms with van der Waals surface area (Å²) in [4.78, 5) is 0. The highest BCUT2D eigenvalue weighted by Crippen LogP contribution is 2.16. The summed E-state index contributed by atoms with van der Waals surface area (Å²) in [6.07, 6.45) is 1.56. The Kier molecular flexibility index (Phi) is 4.60. The van der Waals surface area contributed by atoms with Crippen LogP contribution in [-0.4, -0.2) is 25.4 Å². The maximum absolute atomic E-state index is 5.56. The number of benzene rings is 1. The zero-order valence-corrected chi connectivity index (χ0v) is 10.3. The monoisotopic (exact) mass is 248 g/mol. The van der Waals surface area contributed by atoms with Gasteiger partial charge in [0.2, 0.25) is 0 Å². The molecule has 18 heavy (non-hydrogen) atoms. The van der Waals surface area contributed by atoms with Crippen molar-refractivity contribution < 1.29 is 14.0 Å². The summed E-state index contributed by atoms with van der Waals surface area (Å²) in [6, 6.07) is 9.35. The average molecular weight is 248 g/mol. The number of hydrogen-bond donors (Lipinski definition) is 1. The first-order chi connectivity index (χ1) is 8.88. The average Bonchev–Trinajstić information content (AvgIpc) is 2.92. The van der Waals surface area contributed by atoms with Gasteiger partial charge in [-0.3, -0.25) is 0 Å². The minimum Gasteiger partial charge on any atom is -0.497 e. The molecule has 0 fully saturated rings. The van der Waals surface area contributed by atoms with Gasteiger partial charge < -0.3 is 19.3 Å². The third-order valence-corrected chi connectivity index (χ3v) is 2.40. The predicted octanol–water partition coefficient (Wildman–Crippen LogP) is 1.85. The molecule has 1 N–H and O–H groups in total. The number of hydrogen-bond acceptors (Lipinski definition) is 5. The molecule has 2 aromatic rings. The van der Waals surface area contributed by atoms with Crippen LogP contribution in [0.2, 0.25) is 0 Å². The number of ether oxygens (including phenoxy) is 2. The van der Waals surface area contributed by atoms with Gasteiger partial charge in [0.15, 0.2) is 0 Å². The van der Waals surface area contributed by atoms with Gasteiger partial charge in [0.25, 0.3) is 0 Å². The first-order valence-electron chi connectivity index (χ1n) is 5.75. The highest BCUT2D eigenvalue weighted by molar-refractivity contribution is 5.31. The highest BCUT2D eigenvalue weighted by Gasteiger charge is 1.97. The third-order valence-electron chi connectivity index (χ3n) is 2.40. The molecule has 0 saturated heterocycles. The van der Waals surface area contributed by atoms with E-state index < -0.39 is 0 Å². The van der Waals surface area contributed by atoms with Crippen LogP contribution in [-0.2, 0) is 6.54 Å². The molecular weight excluding hydrogens is 232 g/mol. The van der Waals surface area contributed by atoms with Crippen LogP contribution in [0.5, 0.6) is 11.5 Å². The smallest absolute Gasteiger partial charge is 0.124 e. The molecule has 0 amide bonds. The molecule has 2 rings (SSSR count). The van der Waals surface area contributed by atoms with Crippen LogP contribution < -0.4 is 14.8 Å². The van der Waals surface area contributed by atoms with Gasteiger partial charge in [0.05, 0.1) is 12.8 Å². The molecule has 0 unspecified atom stereocenters. The van der Waals surface area contributed by atoms with Crippen molar-refractivity contribution in [1.29, 1.82) is 0 Å². The van der Waals surface area contributed by atoms with Crippen molar-refractivity contribution in [3.8, 4) is 11.5 Å². The minimum atomic E-state index is 0.601.